The van der Waals surface area contributed by atoms with Crippen molar-refractivity contribution in [3.63, 3.8) is 0 Å². The fourth-order valence-corrected chi connectivity index (χ4v) is 5.70. The number of nitrogen functional groups attached to an aromatic ring is 1. The number of morpholine rings is 1. The molecule has 3 aliphatic rings. The van der Waals surface area contributed by atoms with Gasteiger partial charge >= 0.3 is 6.03 Å². The molecule has 4 N–H and O–H groups in total. The number of methoxy groups -OCH3 is 1. The van der Waals surface area contributed by atoms with E-state index in [2.05, 4.69) is 15.5 Å². The Morgan fingerprint density at radius 3 is 2.61 bits per heavy atom. The van der Waals surface area contributed by atoms with Crippen LogP contribution in [0.25, 0.3) is 0 Å². The summed E-state index contributed by atoms with van der Waals surface area (Å²) in [5.74, 6) is 0.229. The minimum atomic E-state index is -0.374. The molecule has 4 amide bonds. The van der Waals surface area contributed by atoms with Gasteiger partial charge in [-0.25, -0.2) is 4.79 Å². The summed E-state index contributed by atoms with van der Waals surface area (Å²) < 4.78 is 10.7. The second kappa shape index (κ2) is 12.8. The van der Waals surface area contributed by atoms with E-state index in [0.717, 1.165) is 42.1 Å². The second-order valence-corrected chi connectivity index (χ2v) is 10.7. The first-order valence-corrected chi connectivity index (χ1v) is 14.1. The number of hydrogen-bond acceptors (Lipinski definition) is 7. The minimum Gasteiger partial charge on any atom is -0.497 e. The lowest BCUT2D eigenvalue weighted by molar-refractivity contribution is -0.131. The van der Waals surface area contributed by atoms with Crippen LogP contribution in [-0.2, 0) is 22.5 Å². The zero-order valence-corrected chi connectivity index (χ0v) is 23.5. The molecule has 2 saturated heterocycles. The van der Waals surface area contributed by atoms with Crippen molar-refractivity contribution in [2.75, 3.05) is 70.6 Å². The van der Waals surface area contributed by atoms with Gasteiger partial charge in [0.1, 0.15) is 13.6 Å². The molecule has 0 aromatic heterocycles. The number of rotatable bonds is 7. The first-order chi connectivity index (χ1) is 19.8. The number of carbonyl (C=O) groups is 3. The maximum atomic E-state index is 13.0. The average Bonchev–Trinajstić information content (AvgIpc) is 3.16. The van der Waals surface area contributed by atoms with Gasteiger partial charge in [0.2, 0.25) is 5.91 Å². The number of likely N-dealkylation sites (tertiary alicyclic amines) is 1. The molecule has 0 bridgehead atoms. The third kappa shape index (κ3) is 6.76. The van der Waals surface area contributed by atoms with Crippen LogP contribution < -0.4 is 26.6 Å². The molecule has 5 rings (SSSR count). The monoisotopic (exact) mass is 560 g/mol. The van der Waals surface area contributed by atoms with Gasteiger partial charge in [-0.1, -0.05) is 11.5 Å². The summed E-state index contributed by atoms with van der Waals surface area (Å²) in [6.45, 7) is 4.97. The van der Waals surface area contributed by atoms with Crippen molar-refractivity contribution in [3.8, 4) is 5.75 Å². The fraction of sp³-hybridized carbons (Fsp3) is 0.483. The van der Waals surface area contributed by atoms with Crippen LogP contribution in [0.4, 0.5) is 16.2 Å². The normalized spacial score (nSPS) is 18.3. The smallest absolute Gasteiger partial charge is 0.322 e. The van der Waals surface area contributed by atoms with Gasteiger partial charge < -0.3 is 35.6 Å². The number of urea groups is 1. The molecular formula is C29H37BN6O5. The van der Waals surface area contributed by atoms with Crippen LogP contribution in [0.1, 0.15) is 34.3 Å². The Kier molecular flexibility index (Phi) is 8.99. The Hall–Kier alpha value is -3.77. The van der Waals surface area contributed by atoms with E-state index in [4.69, 9.17) is 23.1 Å². The highest BCUT2D eigenvalue weighted by molar-refractivity contribution is 6.36. The lowest BCUT2D eigenvalue weighted by Gasteiger charge is -2.38. The van der Waals surface area contributed by atoms with Crippen LogP contribution in [0, 0.1) is 0 Å². The molecule has 41 heavy (non-hydrogen) atoms. The third-order valence-corrected chi connectivity index (χ3v) is 8.15. The molecule has 12 heteroatoms. The molecule has 11 nitrogen and oxygen atoms in total. The molecule has 0 unspecified atom stereocenters. The molecular weight excluding hydrogens is 523 g/mol. The topological polar surface area (TPSA) is 129 Å². The van der Waals surface area contributed by atoms with E-state index >= 15 is 0 Å². The van der Waals surface area contributed by atoms with Gasteiger partial charge in [0.15, 0.2) is 0 Å². The first-order valence-electron chi connectivity index (χ1n) is 14.1. The summed E-state index contributed by atoms with van der Waals surface area (Å²) in [4.78, 5) is 44.7. The summed E-state index contributed by atoms with van der Waals surface area (Å²) in [6.07, 6.45) is 2.07. The quantitative estimate of drug-likeness (QED) is 0.336. The lowest BCUT2D eigenvalue weighted by Crippen LogP contribution is -2.51. The zero-order chi connectivity index (χ0) is 28.9. The van der Waals surface area contributed by atoms with Crippen LogP contribution in [0.5, 0.6) is 5.75 Å². The Labute approximate surface area is 241 Å². The van der Waals surface area contributed by atoms with Gasteiger partial charge in [0, 0.05) is 62.2 Å². The summed E-state index contributed by atoms with van der Waals surface area (Å²) in [5.41, 5.74) is 10.0. The maximum absolute atomic E-state index is 13.0. The van der Waals surface area contributed by atoms with Crippen molar-refractivity contribution in [3.05, 3.63) is 47.0 Å². The first kappa shape index (κ1) is 28.8. The number of piperidine rings is 1. The van der Waals surface area contributed by atoms with Crippen molar-refractivity contribution < 1.29 is 23.9 Å². The standard InChI is InChI=1S/C29H37BN6O5/c1-40-23-2-3-25-19(15-23)4-9-36(29(39)33-25)22-5-7-35(8-6-22)26(37)17-32-28(38)20-14-21(27(31)24(30)16-20)18-34-10-12-41-13-11-34/h2-3,14-16,22H,4-13,17-18,31H2,1H3,(H,32,38)(H,33,39). The number of carbonyl (C=O) groups excluding carboxylic acids is 3. The van der Waals surface area contributed by atoms with Crippen LogP contribution in [-0.4, -0.2) is 106 Å². The molecule has 0 spiro atoms. The van der Waals surface area contributed by atoms with E-state index in [1.54, 1.807) is 24.1 Å². The predicted octanol–water partition coefficient (Wildman–Crippen LogP) is 0.714. The van der Waals surface area contributed by atoms with Gasteiger partial charge in [-0.15, -0.1) is 0 Å². The molecule has 216 valence electrons. The van der Waals surface area contributed by atoms with Crippen molar-refractivity contribution in [1.29, 1.82) is 0 Å². The van der Waals surface area contributed by atoms with Gasteiger partial charge in [0.25, 0.3) is 5.91 Å². The third-order valence-electron chi connectivity index (χ3n) is 8.15. The van der Waals surface area contributed by atoms with Crippen molar-refractivity contribution in [2.24, 2.45) is 0 Å². The Bertz CT molecular complexity index is 1290. The zero-order valence-electron chi connectivity index (χ0n) is 23.5. The Morgan fingerprint density at radius 2 is 1.88 bits per heavy atom. The van der Waals surface area contributed by atoms with E-state index in [-0.39, 0.29) is 30.4 Å². The molecule has 2 radical (unpaired) electrons. The Morgan fingerprint density at radius 1 is 1.12 bits per heavy atom. The number of hydrogen-bond donors (Lipinski definition) is 3. The van der Waals surface area contributed by atoms with Crippen molar-refractivity contribution >= 4 is 42.5 Å². The van der Waals surface area contributed by atoms with Gasteiger partial charge in [0.05, 0.1) is 26.9 Å². The van der Waals surface area contributed by atoms with E-state index in [1.807, 2.05) is 23.1 Å². The van der Waals surface area contributed by atoms with E-state index in [1.165, 1.54) is 0 Å². The number of ether oxygens (including phenoxy) is 2. The summed E-state index contributed by atoms with van der Waals surface area (Å²) in [7, 11) is 7.73. The number of amides is 4. The summed E-state index contributed by atoms with van der Waals surface area (Å²) in [6, 6.07) is 8.86. The molecule has 3 aliphatic heterocycles. The molecule has 2 aromatic carbocycles. The number of fused-ring (bicyclic) bond motifs is 1. The molecule has 0 atom stereocenters. The number of anilines is 2. The number of benzene rings is 2. The fourth-order valence-electron chi connectivity index (χ4n) is 5.70. The van der Waals surface area contributed by atoms with Crippen molar-refractivity contribution in [1.82, 2.24) is 20.0 Å². The van der Waals surface area contributed by atoms with Gasteiger partial charge in [-0.2, -0.15) is 0 Å². The van der Waals surface area contributed by atoms with E-state index < -0.39 is 0 Å². The average molecular weight is 560 g/mol. The van der Waals surface area contributed by atoms with E-state index in [9.17, 15) is 14.4 Å². The lowest BCUT2D eigenvalue weighted by atomic mass is 9.89. The van der Waals surface area contributed by atoms with Crippen LogP contribution in [0.15, 0.2) is 30.3 Å². The van der Waals surface area contributed by atoms with Crippen LogP contribution in [0.3, 0.4) is 0 Å². The van der Waals surface area contributed by atoms with Gasteiger partial charge in [-0.05, 0) is 54.7 Å². The minimum absolute atomic E-state index is 0.0347. The highest BCUT2D eigenvalue weighted by Gasteiger charge is 2.31. The largest absolute Gasteiger partial charge is 0.497 e. The van der Waals surface area contributed by atoms with E-state index in [0.29, 0.717) is 68.9 Å². The van der Waals surface area contributed by atoms with Gasteiger partial charge in [-0.3, -0.25) is 14.5 Å². The summed E-state index contributed by atoms with van der Waals surface area (Å²) >= 11 is 0. The molecule has 2 fully saturated rings. The van der Waals surface area contributed by atoms with Crippen molar-refractivity contribution in [2.45, 2.75) is 31.8 Å². The highest BCUT2D eigenvalue weighted by atomic mass is 16.5. The maximum Gasteiger partial charge on any atom is 0.322 e. The number of nitrogens with zero attached hydrogens (tertiary/aromatic N) is 3. The predicted molar refractivity (Wildman–Crippen MR) is 157 cm³/mol. The SMILES string of the molecule is [B]c1cc(C(=O)NCC(=O)N2CCC(N3CCc4cc(OC)ccc4NC3=O)CC2)cc(CN2CCOCC2)c1N. The molecule has 0 saturated carbocycles. The second-order valence-electron chi connectivity index (χ2n) is 10.7. The van der Waals surface area contributed by atoms with Crippen LogP contribution >= 0.6 is 0 Å². The molecule has 0 aliphatic carbocycles. The van der Waals surface area contributed by atoms with Crippen LogP contribution in [0.2, 0.25) is 0 Å². The Balaban J connectivity index is 1.12. The summed E-state index contributed by atoms with van der Waals surface area (Å²) in [5, 5.41) is 5.75. The number of nitrogens with two attached hydrogens (primary N) is 1. The molecule has 3 heterocycles. The molecule has 2 aromatic rings. The highest BCUT2D eigenvalue weighted by Crippen LogP contribution is 2.27. The number of nitrogens with one attached hydrogen (secondary N) is 2.